The number of aliphatic imine (C=N–C) groups is 1. The van der Waals surface area contributed by atoms with Gasteiger partial charge in [-0.05, 0) is 36.4 Å². The summed E-state index contributed by atoms with van der Waals surface area (Å²) in [7, 11) is 4.77. The van der Waals surface area contributed by atoms with Crippen LogP contribution < -0.4 is 14.2 Å². The Hall–Kier alpha value is -3.47. The molecule has 1 heterocycles. The van der Waals surface area contributed by atoms with Gasteiger partial charge in [0.15, 0.2) is 11.5 Å². The van der Waals surface area contributed by atoms with Gasteiger partial charge < -0.3 is 18.6 Å². The van der Waals surface area contributed by atoms with E-state index >= 15 is 0 Å². The van der Waals surface area contributed by atoms with Crippen LogP contribution in [0.15, 0.2) is 64.0 Å². The Labute approximate surface area is 156 Å². The lowest BCUT2D eigenvalue weighted by Gasteiger charge is -2.13. The maximum absolute atomic E-state index is 5.86. The summed E-state index contributed by atoms with van der Waals surface area (Å²) in [5, 5.41) is 2.12. The first-order chi connectivity index (χ1) is 13.2. The molecule has 4 rings (SSSR count). The summed E-state index contributed by atoms with van der Waals surface area (Å²) in [6, 6.07) is 17.6. The number of hydrogen-bond acceptors (Lipinski definition) is 5. The molecular weight excluding hydrogens is 342 g/mol. The molecule has 0 aliphatic rings. The van der Waals surface area contributed by atoms with E-state index in [2.05, 4.69) is 4.99 Å². The molecule has 0 saturated carbocycles. The lowest BCUT2D eigenvalue weighted by Crippen LogP contribution is -1.98. The Balaban J connectivity index is 1.75. The van der Waals surface area contributed by atoms with E-state index in [-0.39, 0.29) is 0 Å². The highest BCUT2D eigenvalue weighted by atomic mass is 16.5. The van der Waals surface area contributed by atoms with Gasteiger partial charge in [-0.1, -0.05) is 18.2 Å². The number of nitrogens with zero attached hydrogens (tertiary/aromatic N) is 1. The van der Waals surface area contributed by atoms with E-state index in [1.165, 1.54) is 0 Å². The third-order valence-electron chi connectivity index (χ3n) is 4.45. The van der Waals surface area contributed by atoms with E-state index in [9.17, 15) is 0 Å². The minimum Gasteiger partial charge on any atom is -0.493 e. The Morgan fingerprint density at radius 3 is 2.33 bits per heavy atom. The molecule has 0 spiro atoms. The lowest BCUT2D eigenvalue weighted by atomic mass is 10.1. The first-order valence-electron chi connectivity index (χ1n) is 8.49. The first kappa shape index (κ1) is 17.0. The van der Waals surface area contributed by atoms with E-state index in [0.717, 1.165) is 33.2 Å². The molecule has 0 fully saturated rings. The normalized spacial score (nSPS) is 11.4. The van der Waals surface area contributed by atoms with Crippen LogP contribution in [0.2, 0.25) is 0 Å². The fraction of sp³-hybridized carbons (Fsp3) is 0.136. The average molecular weight is 361 g/mol. The van der Waals surface area contributed by atoms with E-state index in [4.69, 9.17) is 18.6 Å². The molecule has 0 aliphatic heterocycles. The summed E-state index contributed by atoms with van der Waals surface area (Å²) in [5.74, 6) is 1.73. The second kappa shape index (κ2) is 7.03. The molecule has 5 nitrogen and oxygen atoms in total. The predicted molar refractivity (Wildman–Crippen MR) is 107 cm³/mol. The highest BCUT2D eigenvalue weighted by molar-refractivity contribution is 6.06. The zero-order valence-corrected chi connectivity index (χ0v) is 15.4. The summed E-state index contributed by atoms with van der Waals surface area (Å²) < 4.78 is 22.1. The molecule has 4 aromatic rings. The van der Waals surface area contributed by atoms with E-state index < -0.39 is 0 Å². The summed E-state index contributed by atoms with van der Waals surface area (Å²) in [6.07, 6.45) is 1.75. The number of furan rings is 1. The van der Waals surface area contributed by atoms with Crippen molar-refractivity contribution in [2.45, 2.75) is 0 Å². The largest absolute Gasteiger partial charge is 0.493 e. The Kier molecular flexibility index (Phi) is 4.42. The van der Waals surface area contributed by atoms with Crippen LogP contribution in [0.25, 0.3) is 21.9 Å². The second-order valence-electron chi connectivity index (χ2n) is 5.96. The molecule has 0 radical (unpaired) electrons. The minimum atomic E-state index is 0.542. The molecule has 3 aromatic carbocycles. The van der Waals surface area contributed by atoms with Crippen LogP contribution in [0.4, 0.5) is 5.69 Å². The van der Waals surface area contributed by atoms with Crippen LogP contribution in [0.5, 0.6) is 17.2 Å². The number of hydrogen-bond donors (Lipinski definition) is 0. The van der Waals surface area contributed by atoms with Gasteiger partial charge in [0.1, 0.15) is 11.2 Å². The van der Waals surface area contributed by atoms with E-state index in [1.807, 2.05) is 54.6 Å². The van der Waals surface area contributed by atoms with Crippen molar-refractivity contribution in [3.8, 4) is 17.2 Å². The number of ether oxygens (including phenoxy) is 3. The SMILES string of the molecule is COc1ccc(C=Nc2ccc3oc4ccccc4c3c2)c(OC)c1OC. The standard InChI is InChI=1S/C22H19NO4/c1-24-20-10-8-14(21(25-2)22(20)26-3)13-23-15-9-11-19-17(12-15)16-6-4-5-7-18(16)27-19/h4-13H,1-3H3. The maximum Gasteiger partial charge on any atom is 0.203 e. The van der Waals surface area contributed by atoms with Crippen LogP contribution in [-0.4, -0.2) is 27.5 Å². The Bertz CT molecular complexity index is 1140. The summed E-state index contributed by atoms with van der Waals surface area (Å²) >= 11 is 0. The number of methoxy groups -OCH3 is 3. The quantitative estimate of drug-likeness (QED) is 0.449. The van der Waals surface area contributed by atoms with Gasteiger partial charge in [0, 0.05) is 22.6 Å². The van der Waals surface area contributed by atoms with Crippen molar-refractivity contribution >= 4 is 33.8 Å². The van der Waals surface area contributed by atoms with Crippen molar-refractivity contribution in [3.05, 3.63) is 60.2 Å². The minimum absolute atomic E-state index is 0.542. The predicted octanol–water partition coefficient (Wildman–Crippen LogP) is 5.36. The summed E-state index contributed by atoms with van der Waals surface area (Å²) in [6.45, 7) is 0. The van der Waals surface area contributed by atoms with Crippen LogP contribution in [0.3, 0.4) is 0 Å². The van der Waals surface area contributed by atoms with E-state index in [1.54, 1.807) is 27.5 Å². The molecule has 0 aliphatic carbocycles. The smallest absolute Gasteiger partial charge is 0.203 e. The third-order valence-corrected chi connectivity index (χ3v) is 4.45. The Morgan fingerprint density at radius 1 is 0.778 bits per heavy atom. The van der Waals surface area contributed by atoms with Crippen molar-refractivity contribution in [2.24, 2.45) is 4.99 Å². The molecule has 0 atom stereocenters. The molecule has 1 aromatic heterocycles. The van der Waals surface area contributed by atoms with Gasteiger partial charge in [0.05, 0.1) is 27.0 Å². The van der Waals surface area contributed by atoms with Gasteiger partial charge in [-0.15, -0.1) is 0 Å². The van der Waals surface area contributed by atoms with Crippen molar-refractivity contribution in [1.82, 2.24) is 0 Å². The number of rotatable bonds is 5. The fourth-order valence-electron chi connectivity index (χ4n) is 3.16. The van der Waals surface area contributed by atoms with Crippen molar-refractivity contribution < 1.29 is 18.6 Å². The van der Waals surface area contributed by atoms with Gasteiger partial charge in [0.25, 0.3) is 0 Å². The van der Waals surface area contributed by atoms with Gasteiger partial charge in [-0.25, -0.2) is 0 Å². The Morgan fingerprint density at radius 2 is 1.56 bits per heavy atom. The van der Waals surface area contributed by atoms with Crippen molar-refractivity contribution in [1.29, 1.82) is 0 Å². The molecule has 0 unspecified atom stereocenters. The first-order valence-corrected chi connectivity index (χ1v) is 8.49. The number of para-hydroxylation sites is 1. The summed E-state index contributed by atoms with van der Waals surface area (Å²) in [4.78, 5) is 4.61. The monoisotopic (exact) mass is 361 g/mol. The van der Waals surface area contributed by atoms with E-state index in [0.29, 0.717) is 17.2 Å². The molecule has 0 saturated heterocycles. The highest BCUT2D eigenvalue weighted by Crippen LogP contribution is 2.39. The van der Waals surface area contributed by atoms with Gasteiger partial charge in [-0.2, -0.15) is 0 Å². The molecular formula is C22H19NO4. The molecule has 0 bridgehead atoms. The maximum atomic E-state index is 5.86. The number of benzene rings is 3. The zero-order chi connectivity index (χ0) is 18.8. The van der Waals surface area contributed by atoms with Gasteiger partial charge in [0.2, 0.25) is 5.75 Å². The van der Waals surface area contributed by atoms with Crippen LogP contribution in [-0.2, 0) is 0 Å². The fourth-order valence-corrected chi connectivity index (χ4v) is 3.16. The number of fused-ring (bicyclic) bond motifs is 3. The molecule has 5 heteroatoms. The van der Waals surface area contributed by atoms with Gasteiger partial charge >= 0.3 is 0 Å². The lowest BCUT2D eigenvalue weighted by molar-refractivity contribution is 0.324. The highest BCUT2D eigenvalue weighted by Gasteiger charge is 2.14. The average Bonchev–Trinajstić information content (AvgIpc) is 3.09. The van der Waals surface area contributed by atoms with Crippen LogP contribution >= 0.6 is 0 Å². The molecule has 0 N–H and O–H groups in total. The van der Waals surface area contributed by atoms with Gasteiger partial charge in [-0.3, -0.25) is 4.99 Å². The van der Waals surface area contributed by atoms with Crippen molar-refractivity contribution in [3.63, 3.8) is 0 Å². The summed E-state index contributed by atoms with van der Waals surface area (Å²) in [5.41, 5.74) is 3.34. The zero-order valence-electron chi connectivity index (χ0n) is 15.4. The third kappa shape index (κ3) is 2.97. The second-order valence-corrected chi connectivity index (χ2v) is 5.96. The molecule has 0 amide bonds. The van der Waals surface area contributed by atoms with Crippen LogP contribution in [0, 0.1) is 0 Å². The van der Waals surface area contributed by atoms with Crippen LogP contribution in [0.1, 0.15) is 5.56 Å². The topological polar surface area (TPSA) is 53.2 Å². The molecule has 136 valence electrons. The molecule has 27 heavy (non-hydrogen) atoms. The van der Waals surface area contributed by atoms with Crippen molar-refractivity contribution in [2.75, 3.05) is 21.3 Å².